The molecule has 10 aromatic rings. The Morgan fingerprint density at radius 1 is 0.388 bits per heavy atom. The molecule has 0 spiro atoms. The fraction of sp³-hybridized carbons (Fsp3) is 0. The number of hydrogen-bond donors (Lipinski definition) is 0. The molecule has 0 aliphatic carbocycles. The monoisotopic (exact) mass is 627 g/mol. The summed E-state index contributed by atoms with van der Waals surface area (Å²) in [5, 5.41) is 8.40. The Hall–Kier alpha value is -6.44. The summed E-state index contributed by atoms with van der Waals surface area (Å²) in [7, 11) is 0. The van der Waals surface area contributed by atoms with Crippen LogP contribution in [-0.2, 0) is 0 Å². The maximum Gasteiger partial charge on any atom is 0.143 e. The van der Waals surface area contributed by atoms with Crippen molar-refractivity contribution in [3.05, 3.63) is 182 Å². The van der Waals surface area contributed by atoms with Crippen LogP contribution in [0.5, 0.6) is 0 Å². The molecule has 0 aliphatic heterocycles. The molecule has 0 atom stereocenters. The molecule has 0 N–H and O–H groups in total. The van der Waals surface area contributed by atoms with E-state index in [4.69, 9.17) is 11.3 Å². The molecule has 1 nitrogen and oxygen atoms in total. The second kappa shape index (κ2) is 11.1. The lowest BCUT2D eigenvalue weighted by atomic mass is 9.84. The van der Waals surface area contributed by atoms with Crippen molar-refractivity contribution >= 4 is 54.3 Å². The van der Waals surface area contributed by atoms with Crippen molar-refractivity contribution in [2.75, 3.05) is 0 Å². The van der Waals surface area contributed by atoms with Gasteiger partial charge in [0.25, 0.3) is 0 Å². The Morgan fingerprint density at radius 2 is 1.00 bits per heavy atom. The van der Waals surface area contributed by atoms with Crippen molar-refractivity contribution in [2.45, 2.75) is 0 Å². The summed E-state index contributed by atoms with van der Waals surface area (Å²) < 4.78 is 48.1. The van der Waals surface area contributed by atoms with E-state index in [1.165, 1.54) is 27.5 Å². The molecule has 9 aromatic carbocycles. The van der Waals surface area contributed by atoms with Gasteiger partial charge < -0.3 is 4.42 Å². The van der Waals surface area contributed by atoms with E-state index >= 15 is 0 Å². The lowest BCUT2D eigenvalue weighted by Gasteiger charge is -2.18. The van der Waals surface area contributed by atoms with E-state index in [0.717, 1.165) is 60.2 Å². The van der Waals surface area contributed by atoms with Crippen molar-refractivity contribution in [1.29, 1.82) is 0 Å². The highest BCUT2D eigenvalue weighted by Crippen LogP contribution is 2.48. The highest BCUT2D eigenvalue weighted by atomic mass is 16.3. The van der Waals surface area contributed by atoms with Gasteiger partial charge in [-0.15, -0.1) is 0 Å². The highest BCUT2D eigenvalue weighted by Gasteiger charge is 2.21. The molecule has 0 saturated heterocycles. The summed E-state index contributed by atoms with van der Waals surface area (Å²) in [4.78, 5) is 0. The second-order valence-electron chi connectivity index (χ2n) is 12.4. The van der Waals surface area contributed by atoms with Crippen LogP contribution in [0.25, 0.3) is 98.8 Å². The molecule has 0 amide bonds. The first-order chi connectivity index (χ1) is 26.4. The quantitative estimate of drug-likeness (QED) is 0.177. The molecule has 0 radical (unpaired) electrons. The van der Waals surface area contributed by atoms with E-state index in [9.17, 15) is 0 Å². The molecule has 228 valence electrons. The fourth-order valence-corrected chi connectivity index (χ4v) is 7.58. The minimum Gasteiger partial charge on any atom is -0.455 e. The first kappa shape index (κ1) is 23.0. The largest absolute Gasteiger partial charge is 0.455 e. The third kappa shape index (κ3) is 4.40. The number of furan rings is 1. The Labute approximate surface area is 291 Å². The number of hydrogen-bond acceptors (Lipinski definition) is 1. The van der Waals surface area contributed by atoms with Crippen LogP contribution in [-0.4, -0.2) is 0 Å². The van der Waals surface area contributed by atoms with Crippen molar-refractivity contribution in [3.8, 4) is 44.5 Å². The third-order valence-corrected chi connectivity index (χ3v) is 9.73. The van der Waals surface area contributed by atoms with Crippen LogP contribution < -0.4 is 0 Å². The van der Waals surface area contributed by atoms with Gasteiger partial charge in [-0.1, -0.05) is 152 Å². The zero-order chi connectivity index (χ0) is 36.7. The van der Waals surface area contributed by atoms with Gasteiger partial charge in [-0.3, -0.25) is 0 Å². The maximum atomic E-state index is 8.52. The van der Waals surface area contributed by atoms with E-state index in [1.807, 2.05) is 36.4 Å². The molecule has 0 fully saturated rings. The molecule has 49 heavy (non-hydrogen) atoms. The van der Waals surface area contributed by atoms with E-state index < -0.39 is 6.04 Å². The van der Waals surface area contributed by atoms with Crippen LogP contribution in [0, 0.1) is 0 Å². The fourth-order valence-electron chi connectivity index (χ4n) is 7.58. The average Bonchev–Trinajstić information content (AvgIpc) is 3.61. The third-order valence-electron chi connectivity index (χ3n) is 9.73. The molecule has 10 rings (SSSR count). The molecule has 1 aromatic heterocycles. The molecular weight excluding hydrogens is 593 g/mol. The van der Waals surface area contributed by atoms with Gasteiger partial charge in [0.05, 0.1) is 6.85 Å². The number of rotatable bonds is 4. The van der Waals surface area contributed by atoms with Crippen LogP contribution >= 0.6 is 0 Å². The lowest BCUT2D eigenvalue weighted by molar-refractivity contribution is 0.673. The SMILES string of the molecule is [2H]c1c([2H])c([2H])c(-c2ccc3c(ccc4c3oc3cccc(-c5c6ccccc6c(-c6cccc(-c7ccccc7)c6)c6ccccc56)c34)c2)c([2H])c1[2H]. The first-order valence-electron chi connectivity index (χ1n) is 18.9. The predicted molar refractivity (Wildman–Crippen MR) is 208 cm³/mol. The van der Waals surface area contributed by atoms with Crippen molar-refractivity contribution in [2.24, 2.45) is 0 Å². The Morgan fingerprint density at radius 3 is 1.76 bits per heavy atom. The molecule has 1 heterocycles. The Bertz CT molecular complexity index is 3080. The minimum atomic E-state index is -0.401. The standard InChI is InChI=1S/C48H30O/c1-3-13-31(14-4-1)33-17-11-18-36(30-33)45-38-19-7-9-21-40(38)46(41-22-10-8-20-39(41)45)42-23-12-24-44-47(42)43-28-26-35-29-34(32-15-5-2-6-16-32)25-27-37(35)48(43)49-44/h1-30H/i2D,5D,6D,15D,16D. The zero-order valence-corrected chi connectivity index (χ0v) is 26.3. The first-order valence-corrected chi connectivity index (χ1v) is 16.4. The van der Waals surface area contributed by atoms with Gasteiger partial charge in [0, 0.05) is 16.2 Å². The van der Waals surface area contributed by atoms with Gasteiger partial charge >= 0.3 is 0 Å². The summed E-state index contributed by atoms with van der Waals surface area (Å²) >= 11 is 0. The highest BCUT2D eigenvalue weighted by molar-refractivity contribution is 6.27. The summed E-state index contributed by atoms with van der Waals surface area (Å²) in [6, 6.07) is 51.1. The van der Waals surface area contributed by atoms with Gasteiger partial charge in [-0.2, -0.15) is 0 Å². The molecule has 0 saturated carbocycles. The van der Waals surface area contributed by atoms with Gasteiger partial charge in [0.15, 0.2) is 0 Å². The number of benzene rings is 9. The predicted octanol–water partition coefficient (Wildman–Crippen LogP) is 13.7. The summed E-state index contributed by atoms with van der Waals surface area (Å²) in [5.41, 5.74) is 9.21. The van der Waals surface area contributed by atoms with Gasteiger partial charge in [0.1, 0.15) is 11.2 Å². The maximum absolute atomic E-state index is 8.52. The molecular formula is C48H30O. The molecule has 0 aliphatic rings. The van der Waals surface area contributed by atoms with Gasteiger partial charge in [-0.25, -0.2) is 0 Å². The van der Waals surface area contributed by atoms with E-state index in [-0.39, 0.29) is 29.7 Å². The summed E-state index contributed by atoms with van der Waals surface area (Å²) in [6.45, 7) is 0. The average molecular weight is 628 g/mol. The van der Waals surface area contributed by atoms with Crippen LogP contribution in [0.3, 0.4) is 0 Å². The van der Waals surface area contributed by atoms with Crippen molar-refractivity contribution < 1.29 is 11.3 Å². The van der Waals surface area contributed by atoms with Crippen LogP contribution in [0.4, 0.5) is 0 Å². The van der Waals surface area contributed by atoms with E-state index in [1.54, 1.807) is 0 Å². The Kier molecular flexibility index (Phi) is 5.20. The van der Waals surface area contributed by atoms with Gasteiger partial charge in [0.2, 0.25) is 0 Å². The second-order valence-corrected chi connectivity index (χ2v) is 12.4. The lowest BCUT2D eigenvalue weighted by Crippen LogP contribution is -1.91. The smallest absolute Gasteiger partial charge is 0.143 e. The number of fused-ring (bicyclic) bond motifs is 7. The van der Waals surface area contributed by atoms with E-state index in [0.29, 0.717) is 5.56 Å². The van der Waals surface area contributed by atoms with Crippen LogP contribution in [0.1, 0.15) is 6.85 Å². The van der Waals surface area contributed by atoms with Crippen molar-refractivity contribution in [1.82, 2.24) is 0 Å². The minimum absolute atomic E-state index is 0.184. The summed E-state index contributed by atoms with van der Waals surface area (Å²) in [5.74, 6) is 0. The Balaban J connectivity index is 1.21. The van der Waals surface area contributed by atoms with Crippen LogP contribution in [0.2, 0.25) is 0 Å². The van der Waals surface area contributed by atoms with Crippen molar-refractivity contribution in [3.63, 3.8) is 0 Å². The summed E-state index contributed by atoms with van der Waals surface area (Å²) in [6.07, 6.45) is 0. The molecule has 0 unspecified atom stereocenters. The van der Waals surface area contributed by atoms with Gasteiger partial charge in [-0.05, 0) is 102 Å². The van der Waals surface area contributed by atoms with Crippen LogP contribution in [0.15, 0.2) is 186 Å². The van der Waals surface area contributed by atoms with E-state index in [2.05, 4.69) is 115 Å². The zero-order valence-electron chi connectivity index (χ0n) is 31.3. The normalized spacial score (nSPS) is 13.1. The topological polar surface area (TPSA) is 13.1 Å². The molecule has 0 bridgehead atoms. The molecule has 1 heteroatoms.